The summed E-state index contributed by atoms with van der Waals surface area (Å²) < 4.78 is 3.85. The van der Waals surface area contributed by atoms with Crippen LogP contribution in [-0.2, 0) is 25.4 Å². The van der Waals surface area contributed by atoms with Gasteiger partial charge in [0.1, 0.15) is 6.54 Å². The van der Waals surface area contributed by atoms with E-state index in [2.05, 4.69) is 17.2 Å². The SMILES string of the molecule is C[C@@H]1CCCC(CCNC(=O)Cn2cnc3c2c(=O)n(C)c(=O)n3C)C1. The van der Waals surface area contributed by atoms with Gasteiger partial charge in [-0.15, -0.1) is 0 Å². The first-order chi connectivity index (χ1) is 12.4. The van der Waals surface area contributed by atoms with E-state index in [9.17, 15) is 14.4 Å². The van der Waals surface area contributed by atoms with Gasteiger partial charge in [0.15, 0.2) is 11.2 Å². The molecule has 2 aromatic rings. The highest BCUT2D eigenvalue weighted by atomic mass is 16.2. The van der Waals surface area contributed by atoms with E-state index in [0.29, 0.717) is 18.1 Å². The lowest BCUT2D eigenvalue weighted by Crippen LogP contribution is -2.38. The molecule has 1 unspecified atom stereocenters. The standard InChI is InChI=1S/C18H27N5O3/c1-12-5-4-6-13(9-12)7-8-19-14(24)10-23-11-20-16-15(23)17(25)22(3)18(26)21(16)2/h11-13H,4-10H2,1-3H3,(H,19,24)/t12-,13?/m1/s1. The summed E-state index contributed by atoms with van der Waals surface area (Å²) >= 11 is 0. The Morgan fingerprint density at radius 3 is 2.77 bits per heavy atom. The second-order valence-electron chi connectivity index (χ2n) is 7.53. The predicted molar refractivity (Wildman–Crippen MR) is 99.0 cm³/mol. The van der Waals surface area contributed by atoms with Gasteiger partial charge in [0.25, 0.3) is 5.56 Å². The van der Waals surface area contributed by atoms with Crippen LogP contribution in [0.2, 0.25) is 0 Å². The summed E-state index contributed by atoms with van der Waals surface area (Å²) in [6, 6.07) is 0. The molecule has 0 bridgehead atoms. The summed E-state index contributed by atoms with van der Waals surface area (Å²) in [6.45, 7) is 2.97. The summed E-state index contributed by atoms with van der Waals surface area (Å²) in [5.74, 6) is 1.32. The third-order valence-corrected chi connectivity index (χ3v) is 5.45. The number of carbonyl (C=O) groups is 1. The minimum atomic E-state index is -0.440. The number of aromatic nitrogens is 4. The molecule has 142 valence electrons. The molecule has 8 nitrogen and oxygen atoms in total. The summed E-state index contributed by atoms with van der Waals surface area (Å²) in [7, 11) is 2.99. The van der Waals surface area contributed by atoms with E-state index in [-0.39, 0.29) is 18.0 Å². The maximum absolute atomic E-state index is 12.4. The number of hydrogen-bond acceptors (Lipinski definition) is 4. The number of rotatable bonds is 5. The van der Waals surface area contributed by atoms with Crippen molar-refractivity contribution in [2.75, 3.05) is 6.54 Å². The Bertz CT molecular complexity index is 923. The van der Waals surface area contributed by atoms with Gasteiger partial charge in [-0.3, -0.25) is 18.7 Å². The second kappa shape index (κ2) is 7.47. The van der Waals surface area contributed by atoms with Crippen molar-refractivity contribution in [2.45, 2.75) is 45.6 Å². The first-order valence-electron chi connectivity index (χ1n) is 9.26. The predicted octanol–water partition coefficient (Wildman–Crippen LogP) is 0.766. The molecule has 2 atom stereocenters. The van der Waals surface area contributed by atoms with Gasteiger partial charge < -0.3 is 9.88 Å². The van der Waals surface area contributed by atoms with Crippen LogP contribution >= 0.6 is 0 Å². The van der Waals surface area contributed by atoms with E-state index in [1.807, 2.05) is 0 Å². The molecule has 26 heavy (non-hydrogen) atoms. The fourth-order valence-corrected chi connectivity index (χ4v) is 3.97. The lowest BCUT2D eigenvalue weighted by atomic mass is 9.81. The molecule has 1 saturated carbocycles. The molecular formula is C18H27N5O3. The molecule has 0 radical (unpaired) electrons. The smallest absolute Gasteiger partial charge is 0.332 e. The van der Waals surface area contributed by atoms with Gasteiger partial charge in [0.2, 0.25) is 5.91 Å². The molecule has 0 aromatic carbocycles. The fraction of sp³-hybridized carbons (Fsp3) is 0.667. The van der Waals surface area contributed by atoms with Gasteiger partial charge in [0.05, 0.1) is 6.33 Å². The van der Waals surface area contributed by atoms with Crippen LogP contribution in [0.15, 0.2) is 15.9 Å². The van der Waals surface area contributed by atoms with Crippen LogP contribution in [-0.4, -0.2) is 31.1 Å². The van der Waals surface area contributed by atoms with Crippen molar-refractivity contribution in [1.29, 1.82) is 0 Å². The quantitative estimate of drug-likeness (QED) is 0.851. The first-order valence-corrected chi connectivity index (χ1v) is 9.26. The van der Waals surface area contributed by atoms with Crippen molar-refractivity contribution in [3.63, 3.8) is 0 Å². The van der Waals surface area contributed by atoms with Crippen LogP contribution in [0, 0.1) is 11.8 Å². The zero-order valence-corrected chi connectivity index (χ0v) is 15.7. The monoisotopic (exact) mass is 361 g/mol. The highest BCUT2D eigenvalue weighted by Crippen LogP contribution is 2.30. The Labute approximate surface area is 151 Å². The van der Waals surface area contributed by atoms with Gasteiger partial charge in [0, 0.05) is 20.6 Å². The van der Waals surface area contributed by atoms with E-state index in [0.717, 1.165) is 16.9 Å². The molecule has 3 rings (SSSR count). The summed E-state index contributed by atoms with van der Waals surface area (Å²) in [4.78, 5) is 40.7. The van der Waals surface area contributed by atoms with Crippen LogP contribution in [0.25, 0.3) is 11.2 Å². The number of nitrogens with one attached hydrogen (secondary N) is 1. The number of hydrogen-bond donors (Lipinski definition) is 1. The van der Waals surface area contributed by atoms with Crippen LogP contribution in [0.3, 0.4) is 0 Å². The Kier molecular flexibility index (Phi) is 5.29. The maximum atomic E-state index is 12.4. The molecule has 0 saturated heterocycles. The van der Waals surface area contributed by atoms with Crippen LogP contribution in [0.5, 0.6) is 0 Å². The van der Waals surface area contributed by atoms with Crippen LogP contribution in [0.1, 0.15) is 39.0 Å². The Balaban J connectivity index is 1.65. The average Bonchev–Trinajstić information content (AvgIpc) is 3.02. The highest BCUT2D eigenvalue weighted by Gasteiger charge is 2.19. The highest BCUT2D eigenvalue weighted by molar-refractivity contribution is 5.78. The van der Waals surface area contributed by atoms with Gasteiger partial charge in [-0.05, 0) is 24.7 Å². The third kappa shape index (κ3) is 3.59. The van der Waals surface area contributed by atoms with E-state index in [1.165, 1.54) is 48.2 Å². The minimum absolute atomic E-state index is 0.0189. The number of carbonyl (C=O) groups excluding carboxylic acids is 1. The summed E-state index contributed by atoms with van der Waals surface area (Å²) in [6.07, 6.45) is 7.52. The molecular weight excluding hydrogens is 334 g/mol. The van der Waals surface area contributed by atoms with Crippen LogP contribution < -0.4 is 16.6 Å². The van der Waals surface area contributed by atoms with E-state index < -0.39 is 11.2 Å². The molecule has 1 aliphatic rings. The van der Waals surface area contributed by atoms with E-state index >= 15 is 0 Å². The molecule has 0 spiro atoms. The van der Waals surface area contributed by atoms with Gasteiger partial charge in [-0.2, -0.15) is 0 Å². The molecule has 1 amide bonds. The number of amides is 1. The Hall–Kier alpha value is -2.38. The Morgan fingerprint density at radius 2 is 2.04 bits per heavy atom. The van der Waals surface area contributed by atoms with Crippen molar-refractivity contribution < 1.29 is 4.79 Å². The number of aryl methyl sites for hydroxylation is 1. The molecule has 1 fully saturated rings. The summed E-state index contributed by atoms with van der Waals surface area (Å²) in [5, 5.41) is 2.94. The zero-order valence-electron chi connectivity index (χ0n) is 15.7. The molecule has 1 aliphatic carbocycles. The second-order valence-corrected chi connectivity index (χ2v) is 7.53. The lowest BCUT2D eigenvalue weighted by molar-refractivity contribution is -0.121. The fourth-order valence-electron chi connectivity index (χ4n) is 3.97. The first kappa shape index (κ1) is 18.4. The van der Waals surface area contributed by atoms with Crippen LogP contribution in [0.4, 0.5) is 0 Å². The number of imidazole rings is 1. The molecule has 2 heterocycles. The minimum Gasteiger partial charge on any atom is -0.355 e. The van der Waals surface area contributed by atoms with E-state index in [4.69, 9.17) is 0 Å². The molecule has 8 heteroatoms. The van der Waals surface area contributed by atoms with Crippen molar-refractivity contribution in [2.24, 2.45) is 25.9 Å². The average molecular weight is 361 g/mol. The van der Waals surface area contributed by atoms with E-state index in [1.54, 1.807) is 7.05 Å². The Morgan fingerprint density at radius 1 is 1.27 bits per heavy atom. The van der Waals surface area contributed by atoms with Gasteiger partial charge in [-0.1, -0.05) is 26.2 Å². The molecule has 0 aliphatic heterocycles. The molecule has 2 aromatic heterocycles. The zero-order chi connectivity index (χ0) is 18.8. The van der Waals surface area contributed by atoms with Crippen molar-refractivity contribution in [3.8, 4) is 0 Å². The largest absolute Gasteiger partial charge is 0.355 e. The van der Waals surface area contributed by atoms with Crippen molar-refractivity contribution >= 4 is 17.1 Å². The summed E-state index contributed by atoms with van der Waals surface area (Å²) in [5.41, 5.74) is -0.309. The lowest BCUT2D eigenvalue weighted by Gasteiger charge is -2.26. The third-order valence-electron chi connectivity index (χ3n) is 5.45. The topological polar surface area (TPSA) is 90.9 Å². The normalized spacial score (nSPS) is 20.4. The van der Waals surface area contributed by atoms with Crippen molar-refractivity contribution in [3.05, 3.63) is 27.2 Å². The van der Waals surface area contributed by atoms with Gasteiger partial charge in [-0.25, -0.2) is 9.78 Å². The number of fused-ring (bicyclic) bond motifs is 1. The van der Waals surface area contributed by atoms with Crippen molar-refractivity contribution in [1.82, 2.24) is 24.0 Å². The number of nitrogens with zero attached hydrogens (tertiary/aromatic N) is 4. The maximum Gasteiger partial charge on any atom is 0.332 e. The van der Waals surface area contributed by atoms with Gasteiger partial charge >= 0.3 is 5.69 Å². The molecule has 1 N–H and O–H groups in total.